The Morgan fingerprint density at radius 2 is 2.22 bits per heavy atom. The number of hydrogen-bond donors (Lipinski definition) is 2. The van der Waals surface area contributed by atoms with Crippen LogP contribution in [0, 0.1) is 0 Å². The van der Waals surface area contributed by atoms with Crippen LogP contribution in [0.25, 0.3) is 10.9 Å². The first-order valence-corrected chi connectivity index (χ1v) is 6.27. The van der Waals surface area contributed by atoms with Gasteiger partial charge in [0.25, 0.3) is 0 Å². The van der Waals surface area contributed by atoms with E-state index in [0.717, 1.165) is 16.6 Å². The molecule has 0 radical (unpaired) electrons. The fraction of sp³-hybridized carbons (Fsp3) is 0.250. The Hall–Kier alpha value is -1.39. The minimum atomic E-state index is -1.00. The minimum Gasteiger partial charge on any atom is -0.465 e. The van der Waals surface area contributed by atoms with Crippen LogP contribution in [0.2, 0.25) is 10.0 Å². The number of aromatic nitrogens is 1. The Labute approximate surface area is 113 Å². The van der Waals surface area contributed by atoms with Crippen LogP contribution in [0.15, 0.2) is 18.2 Å². The summed E-state index contributed by atoms with van der Waals surface area (Å²) in [5, 5.41) is 13.3. The van der Waals surface area contributed by atoms with Crippen LogP contribution in [0.3, 0.4) is 0 Å². The zero-order chi connectivity index (χ0) is 12.9. The normalized spacial score (nSPS) is 18.0. The van der Waals surface area contributed by atoms with E-state index in [4.69, 9.17) is 28.3 Å². The lowest BCUT2D eigenvalue weighted by molar-refractivity contribution is 0.189. The van der Waals surface area contributed by atoms with Gasteiger partial charge in [0.05, 0.1) is 21.6 Å². The summed E-state index contributed by atoms with van der Waals surface area (Å²) in [5.41, 5.74) is 1.96. The Balaban J connectivity index is 2.05. The Morgan fingerprint density at radius 3 is 2.94 bits per heavy atom. The van der Waals surface area contributed by atoms with E-state index in [9.17, 15) is 4.79 Å². The van der Waals surface area contributed by atoms with E-state index in [0.29, 0.717) is 23.0 Å². The second-order valence-corrected chi connectivity index (χ2v) is 5.18. The summed E-state index contributed by atoms with van der Waals surface area (Å²) in [5.74, 6) is 0. The lowest BCUT2D eigenvalue weighted by Gasteiger charge is -2.09. The molecule has 2 heterocycles. The van der Waals surface area contributed by atoms with Gasteiger partial charge in [-0.2, -0.15) is 0 Å². The number of carbonyl (C=O) groups is 1. The van der Waals surface area contributed by atoms with Crippen molar-refractivity contribution in [3.63, 3.8) is 0 Å². The molecule has 2 N–H and O–H groups in total. The maximum atomic E-state index is 10.6. The van der Waals surface area contributed by atoms with E-state index in [1.165, 1.54) is 0 Å². The van der Waals surface area contributed by atoms with E-state index < -0.39 is 6.09 Å². The van der Waals surface area contributed by atoms with Crippen LogP contribution in [0.4, 0.5) is 4.79 Å². The first kappa shape index (κ1) is 11.7. The van der Waals surface area contributed by atoms with E-state index in [2.05, 4.69) is 5.32 Å². The highest BCUT2D eigenvalue weighted by molar-refractivity contribution is 6.45. The van der Waals surface area contributed by atoms with Crippen molar-refractivity contribution in [1.29, 1.82) is 0 Å². The highest BCUT2D eigenvalue weighted by Crippen LogP contribution is 2.35. The first-order valence-electron chi connectivity index (χ1n) is 5.52. The molecule has 1 amide bonds. The predicted octanol–water partition coefficient (Wildman–Crippen LogP) is 3.14. The molecular formula is C12H10Cl2N2O2. The zero-order valence-corrected chi connectivity index (χ0v) is 10.8. The number of nitrogens with one attached hydrogen (secondary N) is 1. The average molecular weight is 285 g/mol. The molecule has 2 aromatic rings. The zero-order valence-electron chi connectivity index (χ0n) is 9.28. The molecular weight excluding hydrogens is 275 g/mol. The third-order valence-electron chi connectivity index (χ3n) is 3.23. The molecule has 0 fully saturated rings. The standard InChI is InChI=1S/C12H10Cl2N2O2/c13-9-2-1-6-3-8-4-7(15-12(17)18)5-16(8)11(6)10(9)14/h1-3,7,15H,4-5H2,(H,17,18). The van der Waals surface area contributed by atoms with Crippen LogP contribution in [0.1, 0.15) is 5.69 Å². The van der Waals surface area contributed by atoms with Gasteiger partial charge in [0.15, 0.2) is 0 Å². The van der Waals surface area contributed by atoms with Crippen LogP contribution in [0.5, 0.6) is 0 Å². The number of carboxylic acid groups (broad SMARTS) is 1. The van der Waals surface area contributed by atoms with Crippen molar-refractivity contribution >= 4 is 40.2 Å². The number of rotatable bonds is 1. The molecule has 1 aliphatic heterocycles. The highest BCUT2D eigenvalue weighted by Gasteiger charge is 2.25. The lowest BCUT2D eigenvalue weighted by atomic mass is 10.2. The van der Waals surface area contributed by atoms with Crippen molar-refractivity contribution in [2.75, 3.05) is 0 Å². The molecule has 3 rings (SSSR count). The summed E-state index contributed by atoms with van der Waals surface area (Å²) in [6.45, 7) is 0.588. The second-order valence-electron chi connectivity index (χ2n) is 4.40. The van der Waals surface area contributed by atoms with E-state index in [-0.39, 0.29) is 6.04 Å². The summed E-state index contributed by atoms with van der Waals surface area (Å²) < 4.78 is 2.03. The number of halogens is 2. The maximum absolute atomic E-state index is 10.6. The lowest BCUT2D eigenvalue weighted by Crippen LogP contribution is -2.34. The first-order chi connectivity index (χ1) is 8.56. The second kappa shape index (κ2) is 4.07. The topological polar surface area (TPSA) is 54.3 Å². The van der Waals surface area contributed by atoms with Gasteiger partial charge in [-0.15, -0.1) is 0 Å². The van der Waals surface area contributed by atoms with Gasteiger partial charge in [-0.05, 0) is 12.1 Å². The molecule has 6 heteroatoms. The van der Waals surface area contributed by atoms with Gasteiger partial charge in [0.1, 0.15) is 0 Å². The van der Waals surface area contributed by atoms with Gasteiger partial charge in [0, 0.05) is 24.0 Å². The SMILES string of the molecule is O=C(O)NC1Cc2cc3ccc(Cl)c(Cl)c3n2C1. The number of benzene rings is 1. The van der Waals surface area contributed by atoms with Crippen LogP contribution in [-0.4, -0.2) is 21.8 Å². The fourth-order valence-electron chi connectivity index (χ4n) is 2.53. The largest absolute Gasteiger partial charge is 0.465 e. The molecule has 0 saturated carbocycles. The molecule has 1 unspecified atom stereocenters. The number of hydrogen-bond acceptors (Lipinski definition) is 1. The monoisotopic (exact) mass is 284 g/mol. The molecule has 18 heavy (non-hydrogen) atoms. The Bertz CT molecular complexity index is 651. The highest BCUT2D eigenvalue weighted by atomic mass is 35.5. The van der Waals surface area contributed by atoms with Crippen LogP contribution >= 0.6 is 23.2 Å². The predicted molar refractivity (Wildman–Crippen MR) is 70.6 cm³/mol. The van der Waals surface area contributed by atoms with Crippen molar-refractivity contribution in [1.82, 2.24) is 9.88 Å². The summed E-state index contributed by atoms with van der Waals surface area (Å²) in [6, 6.07) is 5.63. The summed E-state index contributed by atoms with van der Waals surface area (Å²) in [7, 11) is 0. The third-order valence-corrected chi connectivity index (χ3v) is 4.02. The van der Waals surface area contributed by atoms with E-state index >= 15 is 0 Å². The molecule has 0 aliphatic carbocycles. The molecule has 0 saturated heterocycles. The quantitative estimate of drug-likeness (QED) is 0.845. The molecule has 0 spiro atoms. The van der Waals surface area contributed by atoms with Crippen LogP contribution in [-0.2, 0) is 13.0 Å². The molecule has 1 aliphatic rings. The summed E-state index contributed by atoms with van der Waals surface area (Å²) >= 11 is 12.2. The van der Waals surface area contributed by atoms with Crippen LogP contribution < -0.4 is 5.32 Å². The van der Waals surface area contributed by atoms with E-state index in [1.807, 2.05) is 16.7 Å². The van der Waals surface area contributed by atoms with Gasteiger partial charge >= 0.3 is 6.09 Å². The molecule has 94 valence electrons. The van der Waals surface area contributed by atoms with Crippen molar-refractivity contribution in [3.05, 3.63) is 33.9 Å². The van der Waals surface area contributed by atoms with Gasteiger partial charge in [-0.3, -0.25) is 0 Å². The summed E-state index contributed by atoms with van der Waals surface area (Å²) in [6.07, 6.45) is -0.325. The smallest absolute Gasteiger partial charge is 0.404 e. The van der Waals surface area contributed by atoms with Crippen molar-refractivity contribution in [2.24, 2.45) is 0 Å². The fourth-order valence-corrected chi connectivity index (χ4v) is 2.96. The van der Waals surface area contributed by atoms with E-state index in [1.54, 1.807) is 6.07 Å². The molecule has 0 bridgehead atoms. The van der Waals surface area contributed by atoms with Gasteiger partial charge in [-0.25, -0.2) is 4.79 Å². The number of nitrogens with zero attached hydrogens (tertiary/aromatic N) is 1. The van der Waals surface area contributed by atoms with Crippen molar-refractivity contribution in [3.8, 4) is 0 Å². The molecule has 1 atom stereocenters. The Morgan fingerprint density at radius 1 is 1.44 bits per heavy atom. The number of fused-ring (bicyclic) bond motifs is 3. The average Bonchev–Trinajstić information content (AvgIpc) is 2.79. The molecule has 1 aromatic heterocycles. The number of amides is 1. The third kappa shape index (κ3) is 1.72. The van der Waals surface area contributed by atoms with Gasteiger partial charge in [0.2, 0.25) is 0 Å². The van der Waals surface area contributed by atoms with Crippen molar-refractivity contribution in [2.45, 2.75) is 19.0 Å². The molecule has 4 nitrogen and oxygen atoms in total. The van der Waals surface area contributed by atoms with Gasteiger partial charge < -0.3 is 15.0 Å². The summed E-state index contributed by atoms with van der Waals surface area (Å²) in [4.78, 5) is 10.6. The molecule has 1 aromatic carbocycles. The maximum Gasteiger partial charge on any atom is 0.404 e. The Kier molecular flexibility index (Phi) is 2.64. The van der Waals surface area contributed by atoms with Crippen molar-refractivity contribution < 1.29 is 9.90 Å². The minimum absolute atomic E-state index is 0.100. The van der Waals surface area contributed by atoms with Gasteiger partial charge in [-0.1, -0.05) is 29.3 Å².